The van der Waals surface area contributed by atoms with E-state index in [9.17, 15) is 4.79 Å². The highest BCUT2D eigenvalue weighted by Gasteiger charge is 2.25. The molecule has 0 saturated heterocycles. The van der Waals surface area contributed by atoms with E-state index in [2.05, 4.69) is 4.98 Å². The van der Waals surface area contributed by atoms with Crippen LogP contribution in [-0.2, 0) is 6.54 Å². The highest BCUT2D eigenvalue weighted by atomic mass is 32.1. The van der Waals surface area contributed by atoms with Crippen molar-refractivity contribution in [3.8, 4) is 5.75 Å². The molecule has 0 fully saturated rings. The average Bonchev–Trinajstić information content (AvgIpc) is 3.26. The molecule has 0 unspecified atom stereocenters. The maximum atomic E-state index is 13.8. The number of fused-ring (bicyclic) bond motifs is 2. The molecule has 2 heterocycles. The van der Waals surface area contributed by atoms with Crippen LogP contribution in [0.15, 0.2) is 85.1 Å². The molecule has 5 rings (SSSR count). The molecule has 5 nitrogen and oxygen atoms in total. The van der Waals surface area contributed by atoms with Crippen LogP contribution in [0.5, 0.6) is 5.75 Å². The van der Waals surface area contributed by atoms with Crippen LogP contribution >= 0.6 is 11.3 Å². The molecule has 0 aliphatic carbocycles. The predicted octanol–water partition coefficient (Wildman–Crippen LogP) is 5.70. The summed E-state index contributed by atoms with van der Waals surface area (Å²) >= 11 is 1.49. The molecule has 6 heteroatoms. The van der Waals surface area contributed by atoms with E-state index >= 15 is 0 Å². The summed E-state index contributed by atoms with van der Waals surface area (Å²) in [5.41, 5.74) is 2.15. The maximum Gasteiger partial charge on any atom is 0.264 e. The minimum absolute atomic E-state index is 0.174. The fraction of sp³-hybridized carbons (Fsp3) is 0.0800. The summed E-state index contributed by atoms with van der Waals surface area (Å²) in [6.45, 7) is 0.315. The van der Waals surface area contributed by atoms with Gasteiger partial charge in [-0.3, -0.25) is 14.7 Å². The lowest BCUT2D eigenvalue weighted by molar-refractivity contribution is 0.0982. The zero-order valence-corrected chi connectivity index (χ0v) is 17.7. The number of nitrogens with zero attached hydrogens (tertiary/aromatic N) is 3. The fourth-order valence-electron chi connectivity index (χ4n) is 3.56. The molecule has 0 saturated carbocycles. The number of ether oxygens (including phenoxy) is 1. The molecule has 0 N–H and O–H groups in total. The summed E-state index contributed by atoms with van der Waals surface area (Å²) in [5, 5.41) is 2.63. The predicted molar refractivity (Wildman–Crippen MR) is 125 cm³/mol. The van der Waals surface area contributed by atoms with Gasteiger partial charge in [0, 0.05) is 6.20 Å². The summed E-state index contributed by atoms with van der Waals surface area (Å²) in [7, 11) is 1.58. The van der Waals surface area contributed by atoms with E-state index in [0.717, 1.165) is 26.7 Å². The molecular weight excluding hydrogens is 406 g/mol. The van der Waals surface area contributed by atoms with Crippen LogP contribution in [-0.4, -0.2) is 23.0 Å². The smallest absolute Gasteiger partial charge is 0.264 e. The van der Waals surface area contributed by atoms with Crippen molar-refractivity contribution in [2.45, 2.75) is 6.54 Å². The van der Waals surface area contributed by atoms with Gasteiger partial charge in [-0.05, 0) is 47.2 Å². The number of rotatable bonds is 5. The number of thiazole rings is 1. The molecule has 31 heavy (non-hydrogen) atoms. The standard InChI is InChI=1S/C25H19N3O2S/c1-30-22-15-18-9-3-2-8-17(18)14-20(22)24(29)28(16-19-10-6-7-13-26-19)25-27-21-11-4-5-12-23(21)31-25/h2-15H,16H2,1H3. The Labute approximate surface area is 183 Å². The number of methoxy groups -OCH3 is 1. The molecule has 0 bridgehead atoms. The lowest BCUT2D eigenvalue weighted by Gasteiger charge is -2.21. The van der Waals surface area contributed by atoms with E-state index in [0.29, 0.717) is 23.0 Å². The second kappa shape index (κ2) is 8.16. The molecule has 152 valence electrons. The summed E-state index contributed by atoms with van der Waals surface area (Å²) in [5.74, 6) is 0.364. The first kappa shape index (κ1) is 19.2. The van der Waals surface area contributed by atoms with Crippen molar-refractivity contribution in [3.63, 3.8) is 0 Å². The summed E-state index contributed by atoms with van der Waals surface area (Å²) in [6, 6.07) is 25.3. The van der Waals surface area contributed by atoms with Gasteiger partial charge in [-0.25, -0.2) is 4.98 Å². The molecule has 0 spiro atoms. The third-order valence-corrected chi connectivity index (χ3v) is 6.16. The Kier molecular flexibility index (Phi) is 5.06. The van der Waals surface area contributed by atoms with Crippen LogP contribution in [0.25, 0.3) is 21.0 Å². The minimum Gasteiger partial charge on any atom is -0.496 e. The van der Waals surface area contributed by atoms with E-state index in [1.807, 2.05) is 78.9 Å². The number of pyridine rings is 1. The van der Waals surface area contributed by atoms with E-state index in [4.69, 9.17) is 9.72 Å². The van der Waals surface area contributed by atoms with Gasteiger partial charge < -0.3 is 4.74 Å². The largest absolute Gasteiger partial charge is 0.496 e. The minimum atomic E-state index is -0.174. The van der Waals surface area contributed by atoms with Crippen LogP contribution in [0.4, 0.5) is 5.13 Å². The van der Waals surface area contributed by atoms with Crippen molar-refractivity contribution < 1.29 is 9.53 Å². The van der Waals surface area contributed by atoms with Crippen LogP contribution in [0.2, 0.25) is 0 Å². The molecular formula is C25H19N3O2S. The Morgan fingerprint density at radius 1 is 0.968 bits per heavy atom. The number of hydrogen-bond acceptors (Lipinski definition) is 5. The molecule has 3 aromatic carbocycles. The number of anilines is 1. The van der Waals surface area contributed by atoms with Crippen molar-refractivity contribution in [1.82, 2.24) is 9.97 Å². The van der Waals surface area contributed by atoms with Gasteiger partial charge in [0.25, 0.3) is 5.91 Å². The maximum absolute atomic E-state index is 13.8. The highest BCUT2D eigenvalue weighted by molar-refractivity contribution is 7.22. The van der Waals surface area contributed by atoms with Crippen molar-refractivity contribution in [2.75, 3.05) is 12.0 Å². The van der Waals surface area contributed by atoms with Gasteiger partial charge in [0.15, 0.2) is 5.13 Å². The van der Waals surface area contributed by atoms with E-state index in [1.165, 1.54) is 11.3 Å². The van der Waals surface area contributed by atoms with Gasteiger partial charge in [-0.2, -0.15) is 0 Å². The van der Waals surface area contributed by atoms with Crippen LogP contribution in [0, 0.1) is 0 Å². The van der Waals surface area contributed by atoms with E-state index in [-0.39, 0.29) is 5.91 Å². The summed E-state index contributed by atoms with van der Waals surface area (Å²) < 4.78 is 6.62. The number of hydrogen-bond donors (Lipinski definition) is 0. The lowest BCUT2D eigenvalue weighted by atomic mass is 10.0. The normalized spacial score (nSPS) is 11.0. The van der Waals surface area contributed by atoms with Gasteiger partial charge in [0.1, 0.15) is 5.75 Å². The number of para-hydroxylation sites is 1. The number of benzene rings is 3. The Bertz CT molecular complexity index is 1350. The molecule has 0 radical (unpaired) electrons. The third-order valence-electron chi connectivity index (χ3n) is 5.10. The second-order valence-corrected chi connectivity index (χ2v) is 8.09. The quantitative estimate of drug-likeness (QED) is 0.362. The van der Waals surface area contributed by atoms with Gasteiger partial charge in [-0.1, -0.05) is 53.8 Å². The highest BCUT2D eigenvalue weighted by Crippen LogP contribution is 2.33. The topological polar surface area (TPSA) is 55.3 Å². The van der Waals surface area contributed by atoms with E-state index < -0.39 is 0 Å². The Balaban J connectivity index is 1.63. The first-order valence-electron chi connectivity index (χ1n) is 9.87. The van der Waals surface area contributed by atoms with Crippen LogP contribution in [0.1, 0.15) is 16.1 Å². The third kappa shape index (κ3) is 3.73. The number of amides is 1. The lowest BCUT2D eigenvalue weighted by Crippen LogP contribution is -2.31. The number of carbonyl (C=O) groups excluding carboxylic acids is 1. The van der Waals surface area contributed by atoms with Crippen molar-refractivity contribution in [3.05, 3.63) is 96.3 Å². The molecule has 0 atom stereocenters. The number of carbonyl (C=O) groups is 1. The van der Waals surface area contributed by atoms with Gasteiger partial charge in [-0.15, -0.1) is 0 Å². The zero-order valence-electron chi connectivity index (χ0n) is 16.9. The second-order valence-electron chi connectivity index (χ2n) is 7.08. The first-order valence-corrected chi connectivity index (χ1v) is 10.7. The number of aromatic nitrogens is 2. The Hall–Kier alpha value is -3.77. The van der Waals surface area contributed by atoms with Crippen LogP contribution in [0.3, 0.4) is 0 Å². The SMILES string of the molecule is COc1cc2ccccc2cc1C(=O)N(Cc1ccccn1)c1nc2ccccc2s1. The van der Waals surface area contributed by atoms with Crippen LogP contribution < -0.4 is 9.64 Å². The molecule has 0 aliphatic rings. The molecule has 0 aliphatic heterocycles. The molecule has 2 aromatic heterocycles. The van der Waals surface area contributed by atoms with Crippen molar-refractivity contribution in [1.29, 1.82) is 0 Å². The molecule has 1 amide bonds. The monoisotopic (exact) mass is 425 g/mol. The first-order chi connectivity index (χ1) is 15.2. The Morgan fingerprint density at radius 2 is 1.71 bits per heavy atom. The van der Waals surface area contributed by atoms with Crippen molar-refractivity contribution in [2.24, 2.45) is 0 Å². The van der Waals surface area contributed by atoms with Gasteiger partial charge in [0.2, 0.25) is 0 Å². The fourth-order valence-corrected chi connectivity index (χ4v) is 4.52. The van der Waals surface area contributed by atoms with Crippen molar-refractivity contribution >= 4 is 43.4 Å². The molecule has 5 aromatic rings. The van der Waals surface area contributed by atoms with Gasteiger partial charge in [0.05, 0.1) is 35.1 Å². The van der Waals surface area contributed by atoms with E-state index in [1.54, 1.807) is 18.2 Å². The van der Waals surface area contributed by atoms with Gasteiger partial charge >= 0.3 is 0 Å². The summed E-state index contributed by atoms with van der Waals surface area (Å²) in [6.07, 6.45) is 1.73. The summed E-state index contributed by atoms with van der Waals surface area (Å²) in [4.78, 5) is 24.7. The zero-order chi connectivity index (χ0) is 21.2. The Morgan fingerprint density at radius 3 is 2.45 bits per heavy atom. The average molecular weight is 426 g/mol.